The maximum Gasteiger partial charge on any atom is 0.411 e. The highest BCUT2D eigenvalue weighted by Gasteiger charge is 2.30. The third kappa shape index (κ3) is 4.59. The molecular weight excluding hydrogens is 451 g/mol. The molecule has 3 aromatic rings. The standard InChI is InChI=1S/C27H25FN2O5/c1-3-30(16(2)26(32)33)25(31)21-13-8-14-23(24(21)28)29-27(34)35-15-22-19-11-6-4-9-17(19)18-10-5-7-12-20(18)22/h4-14,16,22H,3,15H2,1-2H3,(H,29,34)(H,32,33). The quantitative estimate of drug-likeness (QED) is 0.493. The Balaban J connectivity index is 1.48. The number of anilines is 1. The number of benzene rings is 3. The molecule has 4 rings (SSSR count). The van der Waals surface area contributed by atoms with E-state index in [4.69, 9.17) is 4.74 Å². The van der Waals surface area contributed by atoms with Crippen LogP contribution in [0.25, 0.3) is 11.1 Å². The second-order valence-electron chi connectivity index (χ2n) is 8.22. The molecule has 0 spiro atoms. The zero-order chi connectivity index (χ0) is 25.1. The molecule has 1 unspecified atom stereocenters. The van der Waals surface area contributed by atoms with Gasteiger partial charge in [0, 0.05) is 12.5 Å². The van der Waals surface area contributed by atoms with Crippen molar-refractivity contribution in [1.29, 1.82) is 0 Å². The molecular formula is C27H25FN2O5. The number of carboxylic acids is 1. The molecule has 8 heteroatoms. The van der Waals surface area contributed by atoms with E-state index in [0.717, 1.165) is 27.2 Å². The zero-order valence-electron chi connectivity index (χ0n) is 19.3. The van der Waals surface area contributed by atoms with E-state index in [1.54, 1.807) is 6.92 Å². The number of nitrogens with zero attached hydrogens (tertiary/aromatic N) is 1. The SMILES string of the molecule is CCN(C(=O)c1cccc(NC(=O)OCC2c3ccccc3-c3ccccc32)c1F)C(C)C(=O)O. The van der Waals surface area contributed by atoms with Gasteiger partial charge in [-0.25, -0.2) is 14.0 Å². The molecule has 35 heavy (non-hydrogen) atoms. The van der Waals surface area contributed by atoms with E-state index >= 15 is 4.39 Å². The van der Waals surface area contributed by atoms with Crippen LogP contribution < -0.4 is 5.32 Å². The van der Waals surface area contributed by atoms with Crippen LogP contribution in [0.4, 0.5) is 14.9 Å². The number of hydrogen-bond donors (Lipinski definition) is 2. The molecule has 0 saturated carbocycles. The Bertz CT molecular complexity index is 1250. The number of rotatable bonds is 7. The van der Waals surface area contributed by atoms with Crippen LogP contribution in [0.2, 0.25) is 0 Å². The van der Waals surface area contributed by atoms with Gasteiger partial charge in [0.15, 0.2) is 5.82 Å². The van der Waals surface area contributed by atoms with E-state index in [-0.39, 0.29) is 30.3 Å². The molecule has 1 atom stereocenters. The number of carbonyl (C=O) groups excluding carboxylic acids is 2. The van der Waals surface area contributed by atoms with Gasteiger partial charge >= 0.3 is 12.1 Å². The molecule has 0 saturated heterocycles. The maximum atomic E-state index is 15.1. The monoisotopic (exact) mass is 476 g/mol. The topological polar surface area (TPSA) is 95.9 Å². The number of fused-ring (bicyclic) bond motifs is 3. The number of amides is 2. The second-order valence-corrected chi connectivity index (χ2v) is 8.22. The van der Waals surface area contributed by atoms with Gasteiger partial charge in [-0.05, 0) is 48.2 Å². The number of ether oxygens (including phenoxy) is 1. The molecule has 3 aromatic carbocycles. The lowest BCUT2D eigenvalue weighted by Crippen LogP contribution is -2.43. The van der Waals surface area contributed by atoms with Gasteiger partial charge in [0.2, 0.25) is 0 Å². The molecule has 2 N–H and O–H groups in total. The number of carboxylic acid groups (broad SMARTS) is 1. The van der Waals surface area contributed by atoms with Gasteiger partial charge in [-0.3, -0.25) is 10.1 Å². The largest absolute Gasteiger partial charge is 0.480 e. The Kier molecular flexibility index (Phi) is 6.82. The highest BCUT2D eigenvalue weighted by molar-refractivity contribution is 5.98. The molecule has 2 amide bonds. The first-order chi connectivity index (χ1) is 16.8. The summed E-state index contributed by atoms with van der Waals surface area (Å²) in [5.41, 5.74) is 3.71. The van der Waals surface area contributed by atoms with E-state index < -0.39 is 29.8 Å². The molecule has 0 bridgehead atoms. The van der Waals surface area contributed by atoms with Crippen LogP contribution in [0.15, 0.2) is 66.7 Å². The minimum atomic E-state index is -1.20. The second kappa shape index (κ2) is 9.97. The Morgan fingerprint density at radius 3 is 2.17 bits per heavy atom. The van der Waals surface area contributed by atoms with E-state index in [1.165, 1.54) is 25.1 Å². The summed E-state index contributed by atoms with van der Waals surface area (Å²) in [6, 6.07) is 18.7. The van der Waals surface area contributed by atoms with Gasteiger partial charge in [-0.1, -0.05) is 54.6 Å². The van der Waals surface area contributed by atoms with Crippen molar-refractivity contribution in [3.8, 4) is 11.1 Å². The van der Waals surface area contributed by atoms with Crippen molar-refractivity contribution >= 4 is 23.7 Å². The summed E-state index contributed by atoms with van der Waals surface area (Å²) < 4.78 is 20.6. The lowest BCUT2D eigenvalue weighted by atomic mass is 9.98. The van der Waals surface area contributed by atoms with E-state index in [2.05, 4.69) is 5.32 Å². The predicted octanol–water partition coefficient (Wildman–Crippen LogP) is 5.12. The van der Waals surface area contributed by atoms with Crippen LogP contribution >= 0.6 is 0 Å². The lowest BCUT2D eigenvalue weighted by Gasteiger charge is -2.25. The highest BCUT2D eigenvalue weighted by atomic mass is 19.1. The van der Waals surface area contributed by atoms with Crippen molar-refractivity contribution in [3.63, 3.8) is 0 Å². The smallest absolute Gasteiger partial charge is 0.411 e. The summed E-state index contributed by atoms with van der Waals surface area (Å²) in [6.07, 6.45) is -0.860. The number of halogens is 1. The van der Waals surface area contributed by atoms with Gasteiger partial charge in [0.1, 0.15) is 12.6 Å². The molecule has 0 aromatic heterocycles. The fourth-order valence-corrected chi connectivity index (χ4v) is 4.42. The summed E-state index contributed by atoms with van der Waals surface area (Å²) in [5.74, 6) is -3.09. The van der Waals surface area contributed by atoms with Crippen molar-refractivity contribution in [3.05, 3.63) is 89.2 Å². The maximum absolute atomic E-state index is 15.1. The van der Waals surface area contributed by atoms with Crippen LogP contribution in [-0.4, -0.2) is 47.2 Å². The number of carbonyl (C=O) groups is 3. The third-order valence-corrected chi connectivity index (χ3v) is 6.24. The molecule has 180 valence electrons. The fourth-order valence-electron chi connectivity index (χ4n) is 4.42. The third-order valence-electron chi connectivity index (χ3n) is 6.24. The number of hydrogen-bond acceptors (Lipinski definition) is 4. The van der Waals surface area contributed by atoms with Gasteiger partial charge in [0.25, 0.3) is 5.91 Å². The lowest BCUT2D eigenvalue weighted by molar-refractivity contribution is -0.141. The summed E-state index contributed by atoms with van der Waals surface area (Å²) in [6.45, 7) is 3.09. The average Bonchev–Trinajstić information content (AvgIpc) is 3.18. The number of likely N-dealkylation sites (N-methyl/N-ethyl adjacent to an activating group) is 1. The van der Waals surface area contributed by atoms with Crippen molar-refractivity contribution in [2.75, 3.05) is 18.5 Å². The van der Waals surface area contributed by atoms with Crippen LogP contribution in [0.5, 0.6) is 0 Å². The van der Waals surface area contributed by atoms with Crippen LogP contribution in [-0.2, 0) is 9.53 Å². The summed E-state index contributed by atoms with van der Waals surface area (Å²) in [7, 11) is 0. The Hall–Kier alpha value is -4.20. The minimum Gasteiger partial charge on any atom is -0.480 e. The number of aliphatic carboxylic acids is 1. The summed E-state index contributed by atoms with van der Waals surface area (Å²) in [5, 5.41) is 11.6. The first-order valence-corrected chi connectivity index (χ1v) is 11.3. The predicted molar refractivity (Wildman–Crippen MR) is 129 cm³/mol. The van der Waals surface area contributed by atoms with Crippen LogP contribution in [0.1, 0.15) is 41.3 Å². The van der Waals surface area contributed by atoms with Gasteiger partial charge in [-0.2, -0.15) is 0 Å². The van der Waals surface area contributed by atoms with Crippen molar-refractivity contribution < 1.29 is 28.6 Å². The van der Waals surface area contributed by atoms with Gasteiger partial charge in [0.05, 0.1) is 11.3 Å². The molecule has 1 aliphatic carbocycles. The van der Waals surface area contributed by atoms with Crippen molar-refractivity contribution in [1.82, 2.24) is 4.90 Å². The average molecular weight is 477 g/mol. The Morgan fingerprint density at radius 2 is 1.60 bits per heavy atom. The molecule has 1 aliphatic rings. The molecule has 0 aliphatic heterocycles. The molecule has 0 fully saturated rings. The van der Waals surface area contributed by atoms with Gasteiger partial charge in [-0.15, -0.1) is 0 Å². The molecule has 7 nitrogen and oxygen atoms in total. The fraction of sp³-hybridized carbons (Fsp3) is 0.222. The summed E-state index contributed by atoms with van der Waals surface area (Å²) in [4.78, 5) is 37.7. The Labute approximate surface area is 202 Å². The van der Waals surface area contributed by atoms with Crippen molar-refractivity contribution in [2.45, 2.75) is 25.8 Å². The normalized spacial score (nSPS) is 12.9. The first kappa shape index (κ1) is 23.9. The van der Waals surface area contributed by atoms with E-state index in [0.29, 0.717) is 0 Å². The van der Waals surface area contributed by atoms with Gasteiger partial charge < -0.3 is 14.7 Å². The Morgan fingerprint density at radius 1 is 1.00 bits per heavy atom. The van der Waals surface area contributed by atoms with Crippen LogP contribution in [0, 0.1) is 5.82 Å². The molecule has 0 radical (unpaired) electrons. The zero-order valence-corrected chi connectivity index (χ0v) is 19.3. The first-order valence-electron chi connectivity index (χ1n) is 11.3. The minimum absolute atomic E-state index is 0.0554. The highest BCUT2D eigenvalue weighted by Crippen LogP contribution is 2.44. The summed E-state index contributed by atoms with van der Waals surface area (Å²) >= 11 is 0. The van der Waals surface area contributed by atoms with E-state index in [9.17, 15) is 19.5 Å². The van der Waals surface area contributed by atoms with E-state index in [1.807, 2.05) is 48.5 Å². The van der Waals surface area contributed by atoms with Crippen molar-refractivity contribution in [2.24, 2.45) is 0 Å². The molecule has 0 heterocycles. The number of nitrogens with one attached hydrogen (secondary N) is 1. The van der Waals surface area contributed by atoms with Crippen LogP contribution in [0.3, 0.4) is 0 Å².